The second-order valence-corrected chi connectivity index (χ2v) is 9.42. The van der Waals surface area contributed by atoms with Gasteiger partial charge in [-0.05, 0) is 72.8 Å². The average molecular weight is 405 g/mol. The Kier molecular flexibility index (Phi) is 4.95. The number of rotatable bonds is 2. The molecule has 0 radical (unpaired) electrons. The summed E-state index contributed by atoms with van der Waals surface area (Å²) in [5, 5.41) is 10.7. The summed E-state index contributed by atoms with van der Waals surface area (Å²) >= 11 is 6.20. The fourth-order valence-corrected chi connectivity index (χ4v) is 5.17. The number of likely N-dealkylation sites (N-methyl/N-ethyl adjacent to an activating group) is 1. The van der Waals surface area contributed by atoms with Gasteiger partial charge in [-0.1, -0.05) is 17.7 Å². The van der Waals surface area contributed by atoms with Gasteiger partial charge in [0.05, 0.1) is 5.02 Å². The molecular weight excluding hydrogens is 380 g/mol. The fraction of sp³-hybridized carbons (Fsp3) is 0.429. The predicted molar refractivity (Wildman–Crippen MR) is 112 cm³/mol. The molecule has 0 aromatic heterocycles. The van der Waals surface area contributed by atoms with E-state index in [9.17, 15) is 9.32 Å². The standard InChI is InChI=1S/C21H25ClN2O2S/c1-23-9-8-14-11-18(22)20(25)12-17(14)21-16-6-5-15(24(2)27(3)26)10-13(16)4-7-19(21)23/h5-6,10-12,19,21,25H,4,7-9H2,1-3H3. The maximum absolute atomic E-state index is 11.9. The molecule has 0 spiro atoms. The number of aryl methyl sites for hydroxylation is 1. The molecule has 0 amide bonds. The van der Waals surface area contributed by atoms with Crippen LogP contribution in [0.25, 0.3) is 0 Å². The molecule has 27 heavy (non-hydrogen) atoms. The van der Waals surface area contributed by atoms with Crippen molar-refractivity contribution in [1.82, 2.24) is 4.90 Å². The van der Waals surface area contributed by atoms with E-state index >= 15 is 0 Å². The molecular formula is C21H25ClN2O2S. The Hall–Kier alpha value is -1.56. The van der Waals surface area contributed by atoms with E-state index in [-0.39, 0.29) is 11.7 Å². The lowest BCUT2D eigenvalue weighted by atomic mass is 9.74. The van der Waals surface area contributed by atoms with Crippen LogP contribution in [0.15, 0.2) is 30.3 Å². The first-order valence-electron chi connectivity index (χ1n) is 9.28. The van der Waals surface area contributed by atoms with Gasteiger partial charge in [0, 0.05) is 37.5 Å². The molecule has 1 heterocycles. The molecule has 4 nitrogen and oxygen atoms in total. The van der Waals surface area contributed by atoms with Crippen LogP contribution in [-0.2, 0) is 23.8 Å². The van der Waals surface area contributed by atoms with E-state index < -0.39 is 11.0 Å². The molecule has 2 aromatic rings. The third-order valence-electron chi connectivity index (χ3n) is 6.15. The lowest BCUT2D eigenvalue weighted by molar-refractivity contribution is 0.214. The van der Waals surface area contributed by atoms with Gasteiger partial charge in [-0.25, -0.2) is 4.21 Å². The summed E-state index contributed by atoms with van der Waals surface area (Å²) in [6, 6.07) is 10.6. The molecule has 4 rings (SSSR count). The number of halogens is 1. The molecule has 1 aliphatic heterocycles. The molecule has 144 valence electrons. The summed E-state index contributed by atoms with van der Waals surface area (Å²) in [4.78, 5) is 2.44. The molecule has 1 N–H and O–H groups in total. The topological polar surface area (TPSA) is 43.8 Å². The van der Waals surface area contributed by atoms with Crippen LogP contribution < -0.4 is 4.31 Å². The first-order chi connectivity index (χ1) is 12.9. The van der Waals surface area contributed by atoms with E-state index in [1.165, 1.54) is 22.3 Å². The highest BCUT2D eigenvalue weighted by Crippen LogP contribution is 2.45. The summed E-state index contributed by atoms with van der Waals surface area (Å²) in [6.45, 7) is 0.986. The average Bonchev–Trinajstić information content (AvgIpc) is 2.78. The maximum Gasteiger partial charge on any atom is 0.134 e. The van der Waals surface area contributed by atoms with Crippen molar-refractivity contribution in [2.75, 3.05) is 31.2 Å². The summed E-state index contributed by atoms with van der Waals surface area (Å²) in [5.41, 5.74) is 6.01. The van der Waals surface area contributed by atoms with Crippen LogP contribution in [0.4, 0.5) is 5.69 Å². The first-order valence-corrected chi connectivity index (χ1v) is 11.2. The van der Waals surface area contributed by atoms with Crippen molar-refractivity contribution in [3.05, 3.63) is 57.6 Å². The van der Waals surface area contributed by atoms with Crippen LogP contribution in [0.2, 0.25) is 5.02 Å². The molecule has 0 bridgehead atoms. The van der Waals surface area contributed by atoms with E-state index in [1.807, 2.05) is 19.2 Å². The van der Waals surface area contributed by atoms with E-state index in [2.05, 4.69) is 30.1 Å². The highest BCUT2D eigenvalue weighted by molar-refractivity contribution is 7.85. The normalized spacial score (nSPS) is 23.0. The number of fused-ring (bicyclic) bond motifs is 5. The van der Waals surface area contributed by atoms with Crippen LogP contribution in [0.3, 0.4) is 0 Å². The van der Waals surface area contributed by atoms with Crippen molar-refractivity contribution in [3.8, 4) is 5.75 Å². The number of hydrogen-bond donors (Lipinski definition) is 1. The minimum absolute atomic E-state index is 0.156. The summed E-state index contributed by atoms with van der Waals surface area (Å²) in [6.07, 6.45) is 4.70. The van der Waals surface area contributed by atoms with Crippen molar-refractivity contribution in [3.63, 3.8) is 0 Å². The number of phenolic OH excluding ortho intramolecular Hbond substituents is 1. The van der Waals surface area contributed by atoms with Gasteiger partial charge in [0.25, 0.3) is 0 Å². The minimum Gasteiger partial charge on any atom is -0.506 e. The number of benzene rings is 2. The van der Waals surface area contributed by atoms with E-state index in [4.69, 9.17) is 11.6 Å². The summed E-state index contributed by atoms with van der Waals surface area (Å²) in [7, 11) is 3.01. The lowest BCUT2D eigenvalue weighted by Gasteiger charge is -2.38. The Morgan fingerprint density at radius 2 is 1.93 bits per heavy atom. The molecule has 1 aliphatic carbocycles. The van der Waals surface area contributed by atoms with Crippen LogP contribution in [0.5, 0.6) is 5.75 Å². The smallest absolute Gasteiger partial charge is 0.134 e. The van der Waals surface area contributed by atoms with Gasteiger partial charge in [-0.3, -0.25) is 4.31 Å². The molecule has 2 aromatic carbocycles. The van der Waals surface area contributed by atoms with Gasteiger partial charge in [-0.2, -0.15) is 0 Å². The number of hydrogen-bond acceptors (Lipinski definition) is 3. The quantitative estimate of drug-likeness (QED) is 0.829. The molecule has 3 unspecified atom stereocenters. The Balaban J connectivity index is 1.85. The lowest BCUT2D eigenvalue weighted by Crippen LogP contribution is -2.39. The SMILES string of the molecule is CN1CCc2cc(Cl)c(O)cc2C2c3ccc(N(C)S(C)=O)cc3CCC21. The molecule has 3 atom stereocenters. The highest BCUT2D eigenvalue weighted by atomic mass is 35.5. The van der Waals surface area contributed by atoms with Crippen molar-refractivity contribution in [2.24, 2.45) is 0 Å². The molecule has 0 saturated heterocycles. The van der Waals surface area contributed by atoms with Gasteiger partial charge in [0.2, 0.25) is 0 Å². The second-order valence-electron chi connectivity index (χ2n) is 7.62. The zero-order valence-corrected chi connectivity index (χ0v) is 17.5. The Bertz CT molecular complexity index is 917. The zero-order valence-electron chi connectivity index (χ0n) is 15.9. The number of anilines is 1. The highest BCUT2D eigenvalue weighted by Gasteiger charge is 2.37. The molecule has 6 heteroatoms. The Morgan fingerprint density at radius 1 is 1.19 bits per heavy atom. The monoisotopic (exact) mass is 404 g/mol. The molecule has 0 saturated carbocycles. The number of nitrogens with zero attached hydrogens (tertiary/aromatic N) is 2. The van der Waals surface area contributed by atoms with Gasteiger partial charge >= 0.3 is 0 Å². The van der Waals surface area contributed by atoms with Gasteiger partial charge in [0.15, 0.2) is 0 Å². The molecule has 0 fully saturated rings. The molecule has 2 aliphatic rings. The Labute approximate surface area is 168 Å². The fourth-order valence-electron chi connectivity index (χ4n) is 4.57. The van der Waals surface area contributed by atoms with Crippen molar-refractivity contribution in [1.29, 1.82) is 0 Å². The second kappa shape index (κ2) is 7.12. The van der Waals surface area contributed by atoms with E-state index in [0.717, 1.165) is 31.5 Å². The summed E-state index contributed by atoms with van der Waals surface area (Å²) in [5.74, 6) is 0.370. The van der Waals surface area contributed by atoms with Gasteiger partial charge < -0.3 is 10.0 Å². The predicted octanol–water partition coefficient (Wildman–Crippen LogP) is 3.71. The van der Waals surface area contributed by atoms with Gasteiger partial charge in [0.1, 0.15) is 16.7 Å². The maximum atomic E-state index is 11.9. The van der Waals surface area contributed by atoms with Crippen molar-refractivity contribution in [2.45, 2.75) is 31.2 Å². The van der Waals surface area contributed by atoms with Crippen molar-refractivity contribution >= 4 is 28.3 Å². The zero-order chi connectivity index (χ0) is 19.3. The van der Waals surface area contributed by atoms with Crippen molar-refractivity contribution < 1.29 is 9.32 Å². The third-order valence-corrected chi connectivity index (χ3v) is 7.43. The summed E-state index contributed by atoms with van der Waals surface area (Å²) < 4.78 is 13.6. The number of aromatic hydroxyl groups is 1. The largest absolute Gasteiger partial charge is 0.506 e. The number of phenols is 1. The third kappa shape index (κ3) is 3.26. The Morgan fingerprint density at radius 3 is 2.67 bits per heavy atom. The minimum atomic E-state index is -1.04. The van der Waals surface area contributed by atoms with Gasteiger partial charge in [-0.15, -0.1) is 0 Å². The first kappa shape index (κ1) is 18.8. The van der Waals surface area contributed by atoms with Crippen LogP contribution in [-0.4, -0.2) is 47.2 Å². The van der Waals surface area contributed by atoms with E-state index in [0.29, 0.717) is 11.1 Å². The van der Waals surface area contributed by atoms with Crippen LogP contribution in [0, 0.1) is 0 Å². The van der Waals surface area contributed by atoms with Crippen LogP contribution in [0.1, 0.15) is 34.6 Å². The van der Waals surface area contributed by atoms with E-state index in [1.54, 1.807) is 10.6 Å². The van der Waals surface area contributed by atoms with Crippen LogP contribution >= 0.6 is 11.6 Å².